The van der Waals surface area contributed by atoms with Gasteiger partial charge in [-0.05, 0) is 32.6 Å². The fourth-order valence-corrected chi connectivity index (χ4v) is 3.49. The van der Waals surface area contributed by atoms with E-state index in [2.05, 4.69) is 15.6 Å². The van der Waals surface area contributed by atoms with Crippen LogP contribution in [0, 0.1) is 6.92 Å². The highest BCUT2D eigenvalue weighted by Gasteiger charge is 2.34. The van der Waals surface area contributed by atoms with Gasteiger partial charge in [-0.3, -0.25) is 4.79 Å². The summed E-state index contributed by atoms with van der Waals surface area (Å²) in [5.41, 5.74) is 0.686. The number of amides is 1. The van der Waals surface area contributed by atoms with E-state index in [1.807, 2.05) is 13.8 Å². The summed E-state index contributed by atoms with van der Waals surface area (Å²) in [6, 6.07) is 1.28. The highest BCUT2D eigenvalue weighted by atomic mass is 16.4. The summed E-state index contributed by atoms with van der Waals surface area (Å²) in [6.45, 7) is 3.80. The van der Waals surface area contributed by atoms with Crippen molar-refractivity contribution in [1.82, 2.24) is 15.6 Å². The molecule has 0 spiro atoms. The summed E-state index contributed by atoms with van der Waals surface area (Å²) in [4.78, 5) is 16.6. The number of rotatable bonds is 5. The molecule has 0 aliphatic heterocycles. The van der Waals surface area contributed by atoms with E-state index >= 15 is 0 Å². The number of hydrogen-bond acceptors (Lipinski definition) is 4. The molecule has 2 N–H and O–H groups in total. The van der Waals surface area contributed by atoms with Crippen LogP contribution in [-0.2, 0) is 6.42 Å². The Morgan fingerprint density at radius 2 is 1.91 bits per heavy atom. The zero-order valence-corrected chi connectivity index (χ0v) is 13.7. The third-order valence-electron chi connectivity index (χ3n) is 5.00. The van der Waals surface area contributed by atoms with Crippen LogP contribution < -0.4 is 10.6 Å². The van der Waals surface area contributed by atoms with Crippen molar-refractivity contribution in [3.8, 4) is 0 Å². The molecule has 0 saturated heterocycles. The Morgan fingerprint density at radius 3 is 2.50 bits per heavy atom. The fraction of sp³-hybridized carbons (Fsp3) is 0.765. The van der Waals surface area contributed by atoms with Crippen LogP contribution in [0.5, 0.6) is 0 Å². The van der Waals surface area contributed by atoms with Crippen molar-refractivity contribution in [2.45, 2.75) is 83.3 Å². The van der Waals surface area contributed by atoms with E-state index < -0.39 is 0 Å². The topological polar surface area (TPSA) is 67.2 Å². The first kappa shape index (κ1) is 15.5. The van der Waals surface area contributed by atoms with E-state index in [4.69, 9.17) is 4.42 Å². The number of hydrogen-bond donors (Lipinski definition) is 2. The quantitative estimate of drug-likeness (QED) is 0.878. The number of nitrogens with one attached hydrogen (secondary N) is 2. The molecule has 2 saturated carbocycles. The second kappa shape index (κ2) is 6.82. The summed E-state index contributed by atoms with van der Waals surface area (Å²) in [5, 5.41) is 6.85. The second-order valence-electron chi connectivity index (χ2n) is 6.64. The number of aryl methyl sites for hydroxylation is 2. The van der Waals surface area contributed by atoms with Crippen LogP contribution >= 0.6 is 0 Å². The smallest absolute Gasteiger partial charge is 0.289 e. The monoisotopic (exact) mass is 305 g/mol. The van der Waals surface area contributed by atoms with Crippen molar-refractivity contribution < 1.29 is 9.21 Å². The second-order valence-corrected chi connectivity index (χ2v) is 6.64. The molecule has 5 heteroatoms. The predicted molar refractivity (Wildman–Crippen MR) is 84.9 cm³/mol. The minimum atomic E-state index is -0.121. The van der Waals surface area contributed by atoms with E-state index in [-0.39, 0.29) is 11.9 Å². The minimum absolute atomic E-state index is 0.121. The molecule has 2 aliphatic carbocycles. The molecule has 1 amide bonds. The maximum absolute atomic E-state index is 12.4. The van der Waals surface area contributed by atoms with Gasteiger partial charge in [-0.2, -0.15) is 0 Å². The Bertz CT molecular complexity index is 520. The van der Waals surface area contributed by atoms with Gasteiger partial charge in [0.25, 0.3) is 5.91 Å². The van der Waals surface area contributed by atoms with E-state index in [0.717, 1.165) is 12.8 Å². The first-order valence-corrected chi connectivity index (χ1v) is 8.70. The van der Waals surface area contributed by atoms with Crippen molar-refractivity contribution in [3.05, 3.63) is 17.3 Å². The Kier molecular flexibility index (Phi) is 4.81. The summed E-state index contributed by atoms with van der Waals surface area (Å²) in [5.74, 6) is 0.887. The van der Waals surface area contributed by atoms with Crippen molar-refractivity contribution in [1.29, 1.82) is 0 Å². The van der Waals surface area contributed by atoms with Gasteiger partial charge in [0.2, 0.25) is 5.76 Å². The predicted octanol–water partition coefficient (Wildman–Crippen LogP) is 2.73. The van der Waals surface area contributed by atoms with Crippen molar-refractivity contribution in [2.75, 3.05) is 0 Å². The van der Waals surface area contributed by atoms with Crippen molar-refractivity contribution >= 4 is 5.91 Å². The molecule has 122 valence electrons. The number of carbonyl (C=O) groups excluding carboxylic acids is 1. The van der Waals surface area contributed by atoms with Gasteiger partial charge in [-0.25, -0.2) is 4.98 Å². The molecule has 1 aromatic heterocycles. The van der Waals surface area contributed by atoms with Crippen LogP contribution in [0.15, 0.2) is 4.42 Å². The molecule has 0 radical (unpaired) electrons. The van der Waals surface area contributed by atoms with Crippen LogP contribution in [0.25, 0.3) is 0 Å². The van der Waals surface area contributed by atoms with Gasteiger partial charge in [0, 0.05) is 24.5 Å². The van der Waals surface area contributed by atoms with Gasteiger partial charge in [-0.1, -0.05) is 26.2 Å². The summed E-state index contributed by atoms with van der Waals surface area (Å²) in [6.07, 6.45) is 9.49. The third-order valence-corrected chi connectivity index (χ3v) is 5.00. The lowest BCUT2D eigenvalue weighted by molar-refractivity contribution is 0.0855. The van der Waals surface area contributed by atoms with Crippen LogP contribution in [0.3, 0.4) is 0 Å². The average molecular weight is 305 g/mol. The SMILES string of the molecule is CCc1nc(C)c(C(=O)NC2CCC2NC2CCCCC2)o1. The highest BCUT2D eigenvalue weighted by molar-refractivity contribution is 5.92. The molecular formula is C17H27N3O2. The number of nitrogens with zero attached hydrogens (tertiary/aromatic N) is 1. The molecule has 2 unspecified atom stereocenters. The van der Waals surface area contributed by atoms with Gasteiger partial charge < -0.3 is 15.1 Å². The maximum atomic E-state index is 12.4. The molecule has 2 atom stereocenters. The van der Waals surface area contributed by atoms with Crippen molar-refractivity contribution in [2.24, 2.45) is 0 Å². The van der Waals surface area contributed by atoms with Crippen LogP contribution in [0.1, 0.15) is 74.0 Å². The van der Waals surface area contributed by atoms with E-state index in [1.165, 1.54) is 32.1 Å². The zero-order chi connectivity index (χ0) is 15.5. The Morgan fingerprint density at radius 1 is 1.18 bits per heavy atom. The Balaban J connectivity index is 1.53. The Labute approximate surface area is 132 Å². The van der Waals surface area contributed by atoms with Crippen molar-refractivity contribution in [3.63, 3.8) is 0 Å². The number of aromatic nitrogens is 1. The van der Waals surface area contributed by atoms with Gasteiger partial charge in [0.15, 0.2) is 5.89 Å². The molecule has 1 heterocycles. The number of oxazole rings is 1. The third kappa shape index (κ3) is 3.35. The van der Waals surface area contributed by atoms with Crippen LogP contribution in [-0.4, -0.2) is 29.0 Å². The van der Waals surface area contributed by atoms with E-state index in [1.54, 1.807) is 0 Å². The lowest BCUT2D eigenvalue weighted by atomic mass is 9.84. The fourth-order valence-electron chi connectivity index (χ4n) is 3.49. The average Bonchev–Trinajstić information content (AvgIpc) is 2.91. The lowest BCUT2D eigenvalue weighted by Gasteiger charge is -2.40. The summed E-state index contributed by atoms with van der Waals surface area (Å²) in [7, 11) is 0. The molecule has 0 aromatic carbocycles. The van der Waals surface area contributed by atoms with Crippen LogP contribution in [0.2, 0.25) is 0 Å². The van der Waals surface area contributed by atoms with Gasteiger partial charge in [-0.15, -0.1) is 0 Å². The first-order chi connectivity index (χ1) is 10.7. The molecule has 3 rings (SSSR count). The summed E-state index contributed by atoms with van der Waals surface area (Å²) >= 11 is 0. The maximum Gasteiger partial charge on any atom is 0.289 e. The zero-order valence-electron chi connectivity index (χ0n) is 13.7. The Hall–Kier alpha value is -1.36. The van der Waals surface area contributed by atoms with Gasteiger partial charge in [0.05, 0.1) is 5.69 Å². The first-order valence-electron chi connectivity index (χ1n) is 8.70. The largest absolute Gasteiger partial charge is 0.435 e. The molecule has 2 fully saturated rings. The minimum Gasteiger partial charge on any atom is -0.435 e. The lowest BCUT2D eigenvalue weighted by Crippen LogP contribution is -2.59. The highest BCUT2D eigenvalue weighted by Crippen LogP contribution is 2.25. The van der Waals surface area contributed by atoms with E-state index in [0.29, 0.717) is 35.8 Å². The molecule has 22 heavy (non-hydrogen) atoms. The molecule has 5 nitrogen and oxygen atoms in total. The molecular weight excluding hydrogens is 278 g/mol. The van der Waals surface area contributed by atoms with Crippen LogP contribution in [0.4, 0.5) is 0 Å². The summed E-state index contributed by atoms with van der Waals surface area (Å²) < 4.78 is 5.54. The molecule has 2 aliphatic rings. The normalized spacial score (nSPS) is 25.7. The van der Waals surface area contributed by atoms with Gasteiger partial charge in [0.1, 0.15) is 0 Å². The van der Waals surface area contributed by atoms with Gasteiger partial charge >= 0.3 is 0 Å². The van der Waals surface area contributed by atoms with E-state index in [9.17, 15) is 4.79 Å². The standard InChI is InChI=1S/C17H27N3O2/c1-3-15-18-11(2)16(22-15)17(21)20-14-10-9-13(14)19-12-7-5-4-6-8-12/h12-14,19H,3-10H2,1-2H3,(H,20,21). The molecule has 0 bridgehead atoms. The molecule has 1 aromatic rings. The number of carbonyl (C=O) groups is 1.